The Balaban J connectivity index is 1.78. The van der Waals surface area contributed by atoms with Crippen LogP contribution >= 0.6 is 11.6 Å². The lowest BCUT2D eigenvalue weighted by Gasteiger charge is -2.19. The van der Waals surface area contributed by atoms with Gasteiger partial charge in [-0.2, -0.15) is 5.10 Å². The lowest BCUT2D eigenvalue weighted by atomic mass is 10.1. The molecule has 1 fully saturated rings. The largest absolute Gasteiger partial charge is 0.336 e. The first kappa shape index (κ1) is 15.1. The molecule has 0 saturated carbocycles. The molecular formula is C16H19ClN4O. The van der Waals surface area contributed by atoms with Crippen molar-refractivity contribution in [3.63, 3.8) is 0 Å². The Morgan fingerprint density at radius 3 is 2.86 bits per heavy atom. The molecule has 22 heavy (non-hydrogen) atoms. The van der Waals surface area contributed by atoms with Crippen molar-refractivity contribution in [2.24, 2.45) is 0 Å². The molecule has 1 aliphatic rings. The first-order valence-corrected chi connectivity index (χ1v) is 7.81. The van der Waals surface area contributed by atoms with Gasteiger partial charge in [-0.05, 0) is 32.1 Å². The molecule has 0 aliphatic carbocycles. The van der Waals surface area contributed by atoms with E-state index in [0.717, 1.165) is 38.2 Å². The molecule has 3 rings (SSSR count). The number of benzene rings is 1. The summed E-state index contributed by atoms with van der Waals surface area (Å²) in [6.45, 7) is 3.45. The third-order valence-corrected chi connectivity index (χ3v) is 4.29. The summed E-state index contributed by atoms with van der Waals surface area (Å²) < 4.78 is 0. The molecule has 116 valence electrons. The van der Waals surface area contributed by atoms with Gasteiger partial charge in [-0.3, -0.25) is 9.89 Å². The lowest BCUT2D eigenvalue weighted by molar-refractivity contribution is 0.0757. The Morgan fingerprint density at radius 2 is 2.05 bits per heavy atom. The van der Waals surface area contributed by atoms with E-state index in [1.165, 1.54) is 0 Å². The number of H-pyrrole nitrogens is 1. The minimum absolute atomic E-state index is 0.00102. The summed E-state index contributed by atoms with van der Waals surface area (Å²) in [4.78, 5) is 16.7. The van der Waals surface area contributed by atoms with Crippen LogP contribution in [0.15, 0.2) is 30.3 Å². The van der Waals surface area contributed by atoms with Crippen LogP contribution in [0.2, 0.25) is 5.02 Å². The summed E-state index contributed by atoms with van der Waals surface area (Å²) in [5.74, 6) is 0.00102. The molecule has 1 saturated heterocycles. The van der Waals surface area contributed by atoms with Crippen LogP contribution in [0.1, 0.15) is 16.9 Å². The fourth-order valence-corrected chi connectivity index (χ4v) is 2.89. The molecule has 1 aliphatic heterocycles. The van der Waals surface area contributed by atoms with E-state index in [0.29, 0.717) is 16.4 Å². The Kier molecular flexibility index (Phi) is 4.45. The van der Waals surface area contributed by atoms with Gasteiger partial charge in [0.15, 0.2) is 0 Å². The number of nitrogens with zero attached hydrogens (tertiary/aromatic N) is 3. The van der Waals surface area contributed by atoms with Crippen molar-refractivity contribution < 1.29 is 4.79 Å². The van der Waals surface area contributed by atoms with Crippen LogP contribution < -0.4 is 0 Å². The number of carbonyl (C=O) groups is 1. The van der Waals surface area contributed by atoms with Gasteiger partial charge in [-0.1, -0.05) is 29.8 Å². The predicted octanol–water partition coefficient (Wildman–Crippen LogP) is 2.51. The van der Waals surface area contributed by atoms with Gasteiger partial charge in [-0.15, -0.1) is 0 Å². The topological polar surface area (TPSA) is 52.2 Å². The van der Waals surface area contributed by atoms with Crippen molar-refractivity contribution in [2.75, 3.05) is 33.2 Å². The maximum Gasteiger partial charge on any atom is 0.271 e. The van der Waals surface area contributed by atoms with Crippen LogP contribution in [0.3, 0.4) is 0 Å². The van der Waals surface area contributed by atoms with Gasteiger partial charge < -0.3 is 9.80 Å². The van der Waals surface area contributed by atoms with Crippen LogP contribution in [0.25, 0.3) is 11.3 Å². The van der Waals surface area contributed by atoms with Crippen LogP contribution in [0, 0.1) is 0 Å². The van der Waals surface area contributed by atoms with E-state index < -0.39 is 0 Å². The Morgan fingerprint density at radius 1 is 1.23 bits per heavy atom. The third kappa shape index (κ3) is 3.15. The smallest absolute Gasteiger partial charge is 0.271 e. The van der Waals surface area contributed by atoms with Gasteiger partial charge in [0, 0.05) is 25.2 Å². The van der Waals surface area contributed by atoms with Crippen molar-refractivity contribution in [1.29, 1.82) is 0 Å². The molecule has 2 aromatic rings. The fraction of sp³-hybridized carbons (Fsp3) is 0.375. The molecule has 5 nitrogen and oxygen atoms in total. The zero-order valence-corrected chi connectivity index (χ0v) is 13.3. The Labute approximate surface area is 134 Å². The molecule has 1 aromatic carbocycles. The summed E-state index contributed by atoms with van der Waals surface area (Å²) in [7, 11) is 2.08. The number of rotatable bonds is 2. The minimum atomic E-state index is 0.00102. The SMILES string of the molecule is CN1CCCN(C(=O)c2cc(-c3ccccc3Cl)n[nH]2)CC1. The van der Waals surface area contributed by atoms with Crippen molar-refractivity contribution in [2.45, 2.75) is 6.42 Å². The number of hydrogen-bond acceptors (Lipinski definition) is 3. The van der Waals surface area contributed by atoms with E-state index in [1.54, 1.807) is 6.07 Å². The molecule has 6 heteroatoms. The van der Waals surface area contributed by atoms with Crippen LogP contribution in [0.5, 0.6) is 0 Å². The normalized spacial score (nSPS) is 16.5. The van der Waals surface area contributed by atoms with Gasteiger partial charge in [0.1, 0.15) is 5.69 Å². The van der Waals surface area contributed by atoms with Crippen molar-refractivity contribution in [1.82, 2.24) is 20.0 Å². The highest BCUT2D eigenvalue weighted by Crippen LogP contribution is 2.26. The predicted molar refractivity (Wildman–Crippen MR) is 87.1 cm³/mol. The Bertz CT molecular complexity index is 670. The molecule has 0 bridgehead atoms. The highest BCUT2D eigenvalue weighted by atomic mass is 35.5. The monoisotopic (exact) mass is 318 g/mol. The standard InChI is InChI=1S/C16H19ClN4O/c1-20-7-4-8-21(10-9-20)16(22)15-11-14(18-19-15)12-5-2-3-6-13(12)17/h2-3,5-6,11H,4,7-10H2,1H3,(H,18,19). The van der Waals surface area contributed by atoms with Gasteiger partial charge >= 0.3 is 0 Å². The maximum atomic E-state index is 12.6. The van der Waals surface area contributed by atoms with E-state index in [1.807, 2.05) is 29.2 Å². The van der Waals surface area contributed by atoms with E-state index >= 15 is 0 Å². The van der Waals surface area contributed by atoms with Crippen LogP contribution in [-0.2, 0) is 0 Å². The van der Waals surface area contributed by atoms with E-state index in [4.69, 9.17) is 11.6 Å². The molecule has 1 aromatic heterocycles. The molecule has 0 radical (unpaired) electrons. The quantitative estimate of drug-likeness (QED) is 0.925. The van der Waals surface area contributed by atoms with Gasteiger partial charge in [0.2, 0.25) is 0 Å². The van der Waals surface area contributed by atoms with E-state index in [-0.39, 0.29) is 5.91 Å². The maximum absolute atomic E-state index is 12.6. The lowest BCUT2D eigenvalue weighted by Crippen LogP contribution is -2.34. The molecule has 0 unspecified atom stereocenters. The number of hydrogen-bond donors (Lipinski definition) is 1. The molecule has 1 N–H and O–H groups in total. The minimum Gasteiger partial charge on any atom is -0.336 e. The van der Waals surface area contributed by atoms with Gasteiger partial charge in [0.05, 0.1) is 10.7 Å². The molecule has 1 amide bonds. The Hall–Kier alpha value is -1.85. The van der Waals surface area contributed by atoms with Gasteiger partial charge in [-0.25, -0.2) is 0 Å². The molecule has 0 atom stereocenters. The second-order valence-electron chi connectivity index (χ2n) is 5.60. The van der Waals surface area contributed by atoms with E-state index in [9.17, 15) is 4.79 Å². The summed E-state index contributed by atoms with van der Waals surface area (Å²) in [5, 5.41) is 7.71. The first-order valence-electron chi connectivity index (χ1n) is 7.43. The van der Waals surface area contributed by atoms with Gasteiger partial charge in [0.25, 0.3) is 5.91 Å². The number of aromatic amines is 1. The number of nitrogens with one attached hydrogen (secondary N) is 1. The average Bonchev–Trinajstić information content (AvgIpc) is 2.90. The van der Waals surface area contributed by atoms with E-state index in [2.05, 4.69) is 22.1 Å². The second kappa shape index (κ2) is 6.50. The third-order valence-electron chi connectivity index (χ3n) is 3.96. The zero-order chi connectivity index (χ0) is 15.5. The highest BCUT2D eigenvalue weighted by Gasteiger charge is 2.21. The van der Waals surface area contributed by atoms with Crippen LogP contribution in [-0.4, -0.2) is 59.1 Å². The highest BCUT2D eigenvalue weighted by molar-refractivity contribution is 6.33. The fourth-order valence-electron chi connectivity index (χ4n) is 2.66. The average molecular weight is 319 g/mol. The zero-order valence-electron chi connectivity index (χ0n) is 12.6. The molecule has 2 heterocycles. The number of carbonyl (C=O) groups excluding carboxylic acids is 1. The first-order chi connectivity index (χ1) is 10.6. The summed E-state index contributed by atoms with van der Waals surface area (Å²) in [5.41, 5.74) is 2.04. The second-order valence-corrected chi connectivity index (χ2v) is 6.00. The molecular weight excluding hydrogens is 300 g/mol. The van der Waals surface area contributed by atoms with Crippen molar-refractivity contribution in [3.05, 3.63) is 41.0 Å². The van der Waals surface area contributed by atoms with Crippen molar-refractivity contribution in [3.8, 4) is 11.3 Å². The molecule has 0 spiro atoms. The number of halogens is 1. The summed E-state index contributed by atoms with van der Waals surface area (Å²) >= 11 is 6.18. The number of amides is 1. The van der Waals surface area contributed by atoms with Crippen LogP contribution in [0.4, 0.5) is 0 Å². The summed E-state index contributed by atoms with van der Waals surface area (Å²) in [6, 6.07) is 9.27. The summed E-state index contributed by atoms with van der Waals surface area (Å²) in [6.07, 6.45) is 0.994. The number of aromatic nitrogens is 2. The van der Waals surface area contributed by atoms with Crippen molar-refractivity contribution >= 4 is 17.5 Å². The number of likely N-dealkylation sites (N-methyl/N-ethyl adjacent to an activating group) is 1.